The first-order valence-electron chi connectivity index (χ1n) is 16.7. The zero-order chi connectivity index (χ0) is 31.3. The molecule has 0 unspecified atom stereocenters. The third kappa shape index (κ3) is 3.72. The summed E-state index contributed by atoms with van der Waals surface area (Å²) in [6.07, 6.45) is 0. The summed E-state index contributed by atoms with van der Waals surface area (Å²) in [6, 6.07) is 58.5. The molecule has 3 heteroatoms. The van der Waals surface area contributed by atoms with Crippen LogP contribution in [0.5, 0.6) is 0 Å². The van der Waals surface area contributed by atoms with Gasteiger partial charge in [0.05, 0.1) is 0 Å². The predicted octanol–water partition coefficient (Wildman–Crippen LogP) is 10.1. The van der Waals surface area contributed by atoms with Gasteiger partial charge in [-0.2, -0.15) is 0 Å². The molecule has 0 amide bonds. The zero-order valence-electron chi connectivity index (χ0n) is 26.5. The molecule has 0 bridgehead atoms. The van der Waals surface area contributed by atoms with E-state index in [1.54, 1.807) is 10.4 Å². The van der Waals surface area contributed by atoms with Crippen molar-refractivity contribution in [1.29, 1.82) is 0 Å². The molecule has 2 aromatic heterocycles. The van der Waals surface area contributed by atoms with Crippen molar-refractivity contribution in [3.05, 3.63) is 158 Å². The first kappa shape index (κ1) is 26.6. The van der Waals surface area contributed by atoms with Gasteiger partial charge >= 0.3 is 276 Å². The molecular weight excluding hydrogens is 585 g/mol. The van der Waals surface area contributed by atoms with Crippen molar-refractivity contribution in [3.8, 4) is 33.6 Å². The third-order valence-electron chi connectivity index (χ3n) is 10.8. The maximum atomic E-state index is 2.56. The Kier molecular flexibility index (Phi) is 5.47. The fraction of sp³-hybridized carbons (Fsp3) is 0.0455. The minimum atomic E-state index is -2.36. The van der Waals surface area contributed by atoms with Crippen LogP contribution in [0.2, 0.25) is 13.1 Å². The Hall–Kier alpha value is -5.64. The number of nitrogens with zero attached hydrogens (tertiary/aromatic N) is 2. The molecule has 0 atom stereocenters. The van der Waals surface area contributed by atoms with Crippen LogP contribution in [0.3, 0.4) is 0 Å². The van der Waals surface area contributed by atoms with Gasteiger partial charge in [-0.25, -0.2) is 0 Å². The Bertz CT molecular complexity index is 2690. The summed E-state index contributed by atoms with van der Waals surface area (Å²) < 4.78 is 4.84. The quantitative estimate of drug-likeness (QED) is 0.175. The van der Waals surface area contributed by atoms with Gasteiger partial charge in [0.15, 0.2) is 0 Å². The number of para-hydroxylation sites is 4. The molecule has 0 aliphatic carbocycles. The molecule has 224 valence electrons. The predicted molar refractivity (Wildman–Crippen MR) is 204 cm³/mol. The molecule has 0 spiro atoms. The maximum absolute atomic E-state index is 2.56. The summed E-state index contributed by atoms with van der Waals surface area (Å²) in [4.78, 5) is 0. The Labute approximate surface area is 274 Å². The van der Waals surface area contributed by atoms with Crippen LogP contribution in [0.15, 0.2) is 158 Å². The number of benzene rings is 7. The van der Waals surface area contributed by atoms with Gasteiger partial charge in [-0.1, -0.05) is 0 Å². The Morgan fingerprint density at radius 2 is 0.851 bits per heavy atom. The van der Waals surface area contributed by atoms with E-state index >= 15 is 0 Å². The van der Waals surface area contributed by atoms with Crippen molar-refractivity contribution >= 4 is 62.1 Å². The molecular formula is C44H33N2Si-. The minimum absolute atomic E-state index is 1.19. The van der Waals surface area contributed by atoms with E-state index in [2.05, 4.69) is 180 Å². The standard InChI is InChI=1S/C44H33N2Si/c1-47(2)43-26-30(29-22-24-41-36(25-29)33-17-9-11-19-39(33)45(41)31-13-5-3-6-14-31)21-23-35(43)38-27-37-34-18-10-12-20-40(34)46(42(37)28-44(38)47)32-15-7-4-8-16-32/h3-28,47H,1-2H3/q-1. The van der Waals surface area contributed by atoms with Gasteiger partial charge < -0.3 is 0 Å². The molecule has 0 radical (unpaired) electrons. The SMILES string of the molecule is C[SiH-]1(C)c2cc(-c3ccc4c(c3)c3ccccc3n4-c3ccccc3)ccc2-c2cc3c4ccccc4n(-c4ccccc4)c3cc21. The van der Waals surface area contributed by atoms with Crippen LogP contribution >= 0.6 is 0 Å². The van der Waals surface area contributed by atoms with Crippen molar-refractivity contribution in [3.63, 3.8) is 0 Å². The van der Waals surface area contributed by atoms with E-state index in [9.17, 15) is 0 Å². The molecule has 7 aromatic carbocycles. The molecule has 10 rings (SSSR count). The molecule has 9 aromatic rings. The summed E-state index contributed by atoms with van der Waals surface area (Å²) in [7, 11) is -2.36. The molecule has 0 fully saturated rings. The van der Waals surface area contributed by atoms with Crippen LogP contribution in [0.25, 0.3) is 77.2 Å². The number of hydrogen-bond acceptors (Lipinski definition) is 0. The van der Waals surface area contributed by atoms with Crippen LogP contribution in [-0.2, 0) is 0 Å². The van der Waals surface area contributed by atoms with Crippen molar-refractivity contribution in [1.82, 2.24) is 9.13 Å². The third-order valence-corrected chi connectivity index (χ3v) is 14.8. The van der Waals surface area contributed by atoms with Crippen LogP contribution in [-0.4, -0.2) is 17.2 Å². The average molecular weight is 618 g/mol. The van der Waals surface area contributed by atoms with E-state index in [4.69, 9.17) is 0 Å². The summed E-state index contributed by atoms with van der Waals surface area (Å²) >= 11 is 0. The first-order valence-corrected chi connectivity index (χ1v) is 20.1. The van der Waals surface area contributed by atoms with Crippen LogP contribution < -0.4 is 10.4 Å². The summed E-state index contributed by atoms with van der Waals surface area (Å²) in [6.45, 7) is 5.11. The zero-order valence-corrected chi connectivity index (χ0v) is 27.6. The monoisotopic (exact) mass is 617 g/mol. The first-order chi connectivity index (χ1) is 23.1. The molecule has 1 aliphatic heterocycles. The van der Waals surface area contributed by atoms with E-state index in [-0.39, 0.29) is 0 Å². The summed E-state index contributed by atoms with van der Waals surface area (Å²) in [5.74, 6) is 0. The van der Waals surface area contributed by atoms with E-state index in [0.717, 1.165) is 0 Å². The number of rotatable bonds is 3. The van der Waals surface area contributed by atoms with Crippen LogP contribution in [0.1, 0.15) is 0 Å². The van der Waals surface area contributed by atoms with Gasteiger partial charge in [-0.15, -0.1) is 0 Å². The van der Waals surface area contributed by atoms with Crippen molar-refractivity contribution in [2.45, 2.75) is 13.1 Å². The second kappa shape index (κ2) is 9.68. The molecule has 3 heterocycles. The van der Waals surface area contributed by atoms with Crippen LogP contribution in [0, 0.1) is 0 Å². The molecule has 0 saturated carbocycles. The summed E-state index contributed by atoms with van der Waals surface area (Å²) in [5, 5.41) is 8.33. The summed E-state index contributed by atoms with van der Waals surface area (Å²) in [5.41, 5.74) is 12.9. The van der Waals surface area contributed by atoms with Gasteiger partial charge in [0.1, 0.15) is 0 Å². The second-order valence-electron chi connectivity index (χ2n) is 13.7. The van der Waals surface area contributed by atoms with E-state index in [1.165, 1.54) is 77.2 Å². The van der Waals surface area contributed by atoms with Crippen molar-refractivity contribution in [2.24, 2.45) is 0 Å². The van der Waals surface area contributed by atoms with Crippen molar-refractivity contribution in [2.75, 3.05) is 0 Å². The second-order valence-corrected chi connectivity index (χ2v) is 18.7. The normalized spacial score (nSPS) is 14.2. The topological polar surface area (TPSA) is 9.86 Å². The van der Waals surface area contributed by atoms with Gasteiger partial charge in [-0.3, -0.25) is 0 Å². The van der Waals surface area contributed by atoms with E-state index in [1.807, 2.05) is 0 Å². The molecule has 0 N–H and O–H groups in total. The molecule has 1 aliphatic rings. The fourth-order valence-electron chi connectivity index (χ4n) is 8.48. The fourth-order valence-corrected chi connectivity index (χ4v) is 12.0. The number of hydrogen-bond donors (Lipinski definition) is 0. The van der Waals surface area contributed by atoms with Crippen LogP contribution in [0.4, 0.5) is 0 Å². The van der Waals surface area contributed by atoms with Gasteiger partial charge in [-0.05, 0) is 0 Å². The molecule has 0 saturated heterocycles. The van der Waals surface area contributed by atoms with Gasteiger partial charge in [0, 0.05) is 0 Å². The van der Waals surface area contributed by atoms with Gasteiger partial charge in [0.2, 0.25) is 0 Å². The average Bonchev–Trinajstić information content (AvgIpc) is 3.71. The van der Waals surface area contributed by atoms with Crippen molar-refractivity contribution < 1.29 is 0 Å². The number of aromatic nitrogens is 2. The molecule has 47 heavy (non-hydrogen) atoms. The van der Waals surface area contributed by atoms with E-state index < -0.39 is 8.07 Å². The Morgan fingerprint density at radius 3 is 1.51 bits per heavy atom. The Balaban J connectivity index is 1.15. The van der Waals surface area contributed by atoms with Gasteiger partial charge in [0.25, 0.3) is 0 Å². The molecule has 2 nitrogen and oxygen atoms in total. The Morgan fingerprint density at radius 1 is 0.362 bits per heavy atom. The number of fused-ring (bicyclic) bond motifs is 9. The van der Waals surface area contributed by atoms with E-state index in [0.29, 0.717) is 0 Å².